The molecule has 0 spiro atoms. The highest BCUT2D eigenvalue weighted by Crippen LogP contribution is 2.38. The average molecular weight is 611 g/mol. The second kappa shape index (κ2) is 11.8. The molecule has 1 N–H and O–H groups in total. The van der Waals surface area contributed by atoms with E-state index < -0.39 is 5.60 Å². The van der Waals surface area contributed by atoms with E-state index in [-0.39, 0.29) is 36.0 Å². The second-order valence-electron chi connectivity index (χ2n) is 13.7. The molecule has 11 heteroatoms. The highest BCUT2D eigenvalue weighted by Gasteiger charge is 2.49. The molecule has 3 atom stereocenters. The van der Waals surface area contributed by atoms with Gasteiger partial charge in [-0.25, -0.2) is 9.78 Å². The highest BCUT2D eigenvalue weighted by atomic mass is 16.6. The molecule has 45 heavy (non-hydrogen) atoms. The van der Waals surface area contributed by atoms with E-state index in [2.05, 4.69) is 44.4 Å². The number of benzene rings is 1. The molecule has 4 aliphatic rings. The molecular formula is C34H42N8O3. The summed E-state index contributed by atoms with van der Waals surface area (Å²) < 4.78 is 5.52. The van der Waals surface area contributed by atoms with E-state index in [0.717, 1.165) is 52.9 Å². The molecular weight excluding hydrogens is 568 g/mol. The number of amides is 2. The molecule has 3 aromatic rings. The zero-order valence-corrected chi connectivity index (χ0v) is 27.0. The number of aromatic nitrogens is 3. The SMILES string of the molecule is Cc1c(C#N)cccc1[C@@H](C)Nc1nnc(C)c2cnc(N3CC4CC(C3)N4C(=O)C3CCN(C(=O)OC(C)(C)C)CC3)cc12. The smallest absolute Gasteiger partial charge is 0.410 e. The molecule has 7 rings (SSSR count). The summed E-state index contributed by atoms with van der Waals surface area (Å²) in [5, 5.41) is 23.8. The number of hydrogen-bond donors (Lipinski definition) is 1. The van der Waals surface area contributed by atoms with Crippen LogP contribution in [0.5, 0.6) is 0 Å². The summed E-state index contributed by atoms with van der Waals surface area (Å²) in [7, 11) is 0. The van der Waals surface area contributed by atoms with Crippen LogP contribution >= 0.6 is 0 Å². The summed E-state index contributed by atoms with van der Waals surface area (Å²) >= 11 is 0. The van der Waals surface area contributed by atoms with Crippen LogP contribution in [0, 0.1) is 31.1 Å². The Morgan fingerprint density at radius 2 is 1.80 bits per heavy atom. The minimum atomic E-state index is -0.530. The van der Waals surface area contributed by atoms with Gasteiger partial charge in [0, 0.05) is 49.1 Å². The van der Waals surface area contributed by atoms with E-state index in [9.17, 15) is 14.9 Å². The maximum absolute atomic E-state index is 13.6. The molecule has 2 bridgehead atoms. The first-order valence-corrected chi connectivity index (χ1v) is 15.9. The summed E-state index contributed by atoms with van der Waals surface area (Å²) in [6, 6.07) is 10.3. The Morgan fingerprint density at radius 1 is 1.09 bits per heavy atom. The van der Waals surface area contributed by atoms with E-state index in [1.807, 2.05) is 59.0 Å². The van der Waals surface area contributed by atoms with E-state index in [4.69, 9.17) is 9.72 Å². The molecule has 1 aromatic carbocycles. The number of rotatable bonds is 5. The van der Waals surface area contributed by atoms with Crippen LogP contribution in [-0.2, 0) is 9.53 Å². The number of piperidine rings is 2. The standard InChI is InChI=1S/C34H42N8O3/c1-20-24(16-35)8-7-9-27(20)21(2)37-31-28-15-30(36-17-29(28)22(3)38-39-31)41-18-25-14-26(19-41)42(25)32(43)23-10-12-40(13-11-23)33(44)45-34(4,5)6/h7-9,15,17,21,23,25-26H,10-14,18-19H2,1-6H3,(H,37,39)/t21-,25?,26?/m1/s1. The van der Waals surface area contributed by atoms with Crippen molar-refractivity contribution in [2.75, 3.05) is 36.4 Å². The van der Waals surface area contributed by atoms with Crippen LogP contribution in [0.4, 0.5) is 16.4 Å². The highest BCUT2D eigenvalue weighted by molar-refractivity contribution is 5.94. The number of piperazine rings is 1. The molecule has 0 saturated carbocycles. The Balaban J connectivity index is 1.13. The number of likely N-dealkylation sites (tertiary alicyclic amines) is 1. The van der Waals surface area contributed by atoms with Crippen molar-refractivity contribution in [1.29, 1.82) is 5.26 Å². The number of carbonyl (C=O) groups excluding carboxylic acids is 2. The molecule has 11 nitrogen and oxygen atoms in total. The number of ether oxygens (including phenoxy) is 1. The summed E-state index contributed by atoms with van der Waals surface area (Å²) in [6.07, 6.45) is 3.90. The number of anilines is 2. The predicted octanol–water partition coefficient (Wildman–Crippen LogP) is 5.12. The molecule has 4 aliphatic heterocycles. The molecule has 2 amide bonds. The monoisotopic (exact) mass is 610 g/mol. The van der Waals surface area contributed by atoms with Gasteiger partial charge in [-0.3, -0.25) is 4.79 Å². The van der Waals surface area contributed by atoms with Crippen LogP contribution in [0.3, 0.4) is 0 Å². The first-order chi connectivity index (χ1) is 21.4. The van der Waals surface area contributed by atoms with Gasteiger partial charge in [-0.15, -0.1) is 5.10 Å². The molecule has 0 radical (unpaired) electrons. The maximum atomic E-state index is 13.6. The van der Waals surface area contributed by atoms with Gasteiger partial charge in [0.25, 0.3) is 0 Å². The molecule has 4 fully saturated rings. The Hall–Kier alpha value is -4.46. The van der Waals surface area contributed by atoms with Crippen LogP contribution in [0.25, 0.3) is 10.8 Å². The van der Waals surface area contributed by atoms with Crippen molar-refractivity contribution in [1.82, 2.24) is 25.0 Å². The lowest BCUT2D eigenvalue weighted by molar-refractivity contribution is -0.152. The van der Waals surface area contributed by atoms with Crippen molar-refractivity contribution >= 4 is 34.4 Å². The summed E-state index contributed by atoms with van der Waals surface area (Å²) in [4.78, 5) is 37.0. The third-order valence-corrected chi connectivity index (χ3v) is 9.42. The number of nitrogens with one attached hydrogen (secondary N) is 1. The largest absolute Gasteiger partial charge is 0.444 e. The summed E-state index contributed by atoms with van der Waals surface area (Å²) in [6.45, 7) is 14.1. The van der Waals surface area contributed by atoms with Crippen LogP contribution in [-0.4, -0.2) is 80.8 Å². The molecule has 2 aromatic heterocycles. The Bertz CT molecular complexity index is 1660. The molecule has 6 heterocycles. The first-order valence-electron chi connectivity index (χ1n) is 15.9. The van der Waals surface area contributed by atoms with E-state index in [1.54, 1.807) is 4.90 Å². The normalized spacial score (nSPS) is 20.8. The van der Waals surface area contributed by atoms with Crippen molar-refractivity contribution in [3.8, 4) is 6.07 Å². The van der Waals surface area contributed by atoms with Gasteiger partial charge in [0.05, 0.1) is 35.5 Å². The lowest BCUT2D eigenvalue weighted by Crippen LogP contribution is -2.71. The number of carbonyl (C=O) groups is 2. The van der Waals surface area contributed by atoms with Gasteiger partial charge in [0.1, 0.15) is 11.4 Å². The van der Waals surface area contributed by atoms with Crippen LogP contribution in [0.2, 0.25) is 0 Å². The topological polar surface area (TPSA) is 128 Å². The van der Waals surface area contributed by atoms with Gasteiger partial charge in [-0.2, -0.15) is 10.4 Å². The molecule has 0 aliphatic carbocycles. The van der Waals surface area contributed by atoms with Crippen molar-refractivity contribution in [2.45, 2.75) is 84.5 Å². The van der Waals surface area contributed by atoms with E-state index in [0.29, 0.717) is 37.3 Å². The zero-order chi connectivity index (χ0) is 32.0. The summed E-state index contributed by atoms with van der Waals surface area (Å²) in [5.74, 6) is 1.69. The third-order valence-electron chi connectivity index (χ3n) is 9.42. The van der Waals surface area contributed by atoms with Gasteiger partial charge in [0.15, 0.2) is 5.82 Å². The molecule has 2 unspecified atom stereocenters. The number of hydrogen-bond acceptors (Lipinski definition) is 9. The third kappa shape index (κ3) is 5.98. The number of aryl methyl sites for hydroxylation is 1. The Kier molecular flexibility index (Phi) is 8.02. The minimum absolute atomic E-state index is 0.0611. The number of fused-ring (bicyclic) bond motifs is 3. The Labute approximate surface area is 264 Å². The molecule has 4 saturated heterocycles. The fourth-order valence-electron chi connectivity index (χ4n) is 6.97. The maximum Gasteiger partial charge on any atom is 0.410 e. The van der Waals surface area contributed by atoms with Gasteiger partial charge >= 0.3 is 6.09 Å². The van der Waals surface area contributed by atoms with Gasteiger partial charge in [-0.05, 0) is 84.1 Å². The quantitative estimate of drug-likeness (QED) is 0.419. The fourth-order valence-corrected chi connectivity index (χ4v) is 6.97. The lowest BCUT2D eigenvalue weighted by atomic mass is 9.84. The average Bonchev–Trinajstić information content (AvgIpc) is 3.01. The number of nitriles is 1. The van der Waals surface area contributed by atoms with Crippen LogP contribution in [0.1, 0.15) is 75.4 Å². The van der Waals surface area contributed by atoms with Crippen molar-refractivity contribution in [3.05, 3.63) is 52.8 Å². The fraction of sp³-hybridized carbons (Fsp3) is 0.529. The first kappa shape index (κ1) is 30.6. The molecule has 236 valence electrons. The van der Waals surface area contributed by atoms with Gasteiger partial charge in [0.2, 0.25) is 5.91 Å². The lowest BCUT2D eigenvalue weighted by Gasteiger charge is -2.57. The van der Waals surface area contributed by atoms with Crippen molar-refractivity contribution in [2.24, 2.45) is 5.92 Å². The number of pyridine rings is 1. The van der Waals surface area contributed by atoms with Crippen molar-refractivity contribution in [3.63, 3.8) is 0 Å². The zero-order valence-electron chi connectivity index (χ0n) is 27.0. The van der Waals surface area contributed by atoms with Gasteiger partial charge in [-0.1, -0.05) is 12.1 Å². The summed E-state index contributed by atoms with van der Waals surface area (Å²) in [5.41, 5.74) is 2.93. The van der Waals surface area contributed by atoms with Crippen molar-refractivity contribution < 1.29 is 14.3 Å². The second-order valence-corrected chi connectivity index (χ2v) is 13.7. The Morgan fingerprint density at radius 3 is 2.47 bits per heavy atom. The van der Waals surface area contributed by atoms with E-state index >= 15 is 0 Å². The van der Waals surface area contributed by atoms with Gasteiger partial charge < -0.3 is 24.8 Å². The minimum Gasteiger partial charge on any atom is -0.444 e. The predicted molar refractivity (Wildman–Crippen MR) is 172 cm³/mol. The van der Waals surface area contributed by atoms with E-state index in [1.165, 1.54) is 0 Å². The van der Waals surface area contributed by atoms with Crippen LogP contribution in [0.15, 0.2) is 30.5 Å². The number of nitrogens with zero attached hydrogens (tertiary/aromatic N) is 7. The van der Waals surface area contributed by atoms with Crippen LogP contribution < -0.4 is 10.2 Å².